The number of hydrogen-bond acceptors (Lipinski definition) is 3. The average Bonchev–Trinajstić information content (AvgIpc) is 3.16. The molecule has 0 unspecified atom stereocenters. The second-order valence-corrected chi connectivity index (χ2v) is 8.38. The summed E-state index contributed by atoms with van der Waals surface area (Å²) in [5.41, 5.74) is 7.43. The number of benzene rings is 3. The van der Waals surface area contributed by atoms with Crippen LogP contribution in [-0.4, -0.2) is 19.6 Å². The van der Waals surface area contributed by atoms with Crippen LogP contribution in [0.5, 0.6) is 0 Å². The van der Waals surface area contributed by atoms with E-state index in [1.54, 1.807) is 16.6 Å². The smallest absolute Gasteiger partial charge is 0.209 e. The van der Waals surface area contributed by atoms with Crippen molar-refractivity contribution in [2.75, 3.05) is 0 Å². The Morgan fingerprint density at radius 3 is 1.94 bits per heavy atom. The summed E-state index contributed by atoms with van der Waals surface area (Å²) in [5, 5.41) is 6.01. The molecule has 2 heterocycles. The maximum Gasteiger partial charge on any atom is 0.251 e. The number of fused-ring (bicyclic) bond motifs is 1. The average molecular weight is 445 g/mol. The standard InChI is InChI=1S/C25H18Cl2N4/c1-15-3-7-17(8-4-15)23-24(18-9-5-16(2)6-10-18)30-31-14-22(28-25(31)29-23)20-12-11-19(26)13-21(20)27/h3-14H,1-2H3. The molecule has 0 amide bonds. The van der Waals surface area contributed by atoms with Crippen molar-refractivity contribution < 1.29 is 0 Å². The fourth-order valence-corrected chi connectivity index (χ4v) is 3.97. The first-order chi connectivity index (χ1) is 15.0. The van der Waals surface area contributed by atoms with Gasteiger partial charge in [0.2, 0.25) is 0 Å². The number of nitrogens with zero attached hydrogens (tertiary/aromatic N) is 4. The van der Waals surface area contributed by atoms with Crippen LogP contribution in [0.4, 0.5) is 0 Å². The third kappa shape index (κ3) is 3.80. The minimum Gasteiger partial charge on any atom is -0.209 e. The summed E-state index contributed by atoms with van der Waals surface area (Å²) in [5.74, 6) is 0.507. The molecule has 0 radical (unpaired) electrons. The molecule has 31 heavy (non-hydrogen) atoms. The number of rotatable bonds is 3. The van der Waals surface area contributed by atoms with E-state index in [9.17, 15) is 0 Å². The highest BCUT2D eigenvalue weighted by molar-refractivity contribution is 6.36. The molecule has 0 N–H and O–H groups in total. The van der Waals surface area contributed by atoms with Gasteiger partial charge in [-0.05, 0) is 32.0 Å². The molecule has 0 aliphatic rings. The van der Waals surface area contributed by atoms with Crippen LogP contribution in [0.3, 0.4) is 0 Å². The molecule has 0 spiro atoms. The first-order valence-corrected chi connectivity index (χ1v) is 10.6. The molecule has 0 bridgehead atoms. The lowest BCUT2D eigenvalue weighted by atomic mass is 10.0. The highest BCUT2D eigenvalue weighted by Gasteiger charge is 2.17. The summed E-state index contributed by atoms with van der Waals surface area (Å²) in [7, 11) is 0. The van der Waals surface area contributed by atoms with Gasteiger partial charge in [0.05, 0.1) is 16.9 Å². The van der Waals surface area contributed by atoms with E-state index in [-0.39, 0.29) is 0 Å². The molecular weight excluding hydrogens is 427 g/mol. The van der Waals surface area contributed by atoms with Crippen molar-refractivity contribution in [3.05, 3.63) is 94.1 Å². The molecule has 0 aliphatic heterocycles. The summed E-state index contributed by atoms with van der Waals surface area (Å²) in [4.78, 5) is 9.58. The first-order valence-electron chi connectivity index (χ1n) is 9.85. The van der Waals surface area contributed by atoms with Gasteiger partial charge in [-0.3, -0.25) is 0 Å². The molecule has 0 atom stereocenters. The lowest BCUT2D eigenvalue weighted by Crippen LogP contribution is -2.01. The summed E-state index contributed by atoms with van der Waals surface area (Å²) in [6.45, 7) is 4.13. The van der Waals surface area contributed by atoms with Gasteiger partial charge in [-0.2, -0.15) is 5.10 Å². The van der Waals surface area contributed by atoms with Gasteiger partial charge >= 0.3 is 0 Å². The Morgan fingerprint density at radius 1 is 0.710 bits per heavy atom. The second kappa shape index (κ2) is 7.80. The van der Waals surface area contributed by atoms with Gasteiger partial charge < -0.3 is 0 Å². The lowest BCUT2D eigenvalue weighted by Gasteiger charge is -2.09. The summed E-state index contributed by atoms with van der Waals surface area (Å²) < 4.78 is 1.70. The van der Waals surface area contributed by atoms with Crippen molar-refractivity contribution in [2.24, 2.45) is 0 Å². The Labute approximate surface area is 190 Å². The van der Waals surface area contributed by atoms with Gasteiger partial charge in [0.25, 0.3) is 5.78 Å². The van der Waals surface area contributed by atoms with E-state index in [1.807, 2.05) is 12.3 Å². The topological polar surface area (TPSA) is 43.1 Å². The zero-order valence-electron chi connectivity index (χ0n) is 17.0. The molecule has 6 heteroatoms. The van der Waals surface area contributed by atoms with Crippen molar-refractivity contribution in [3.8, 4) is 33.8 Å². The summed E-state index contributed by atoms with van der Waals surface area (Å²) in [6.07, 6.45) is 1.84. The van der Waals surface area contributed by atoms with Crippen molar-refractivity contribution in [1.29, 1.82) is 0 Å². The molecule has 2 aromatic heterocycles. The van der Waals surface area contributed by atoms with E-state index in [2.05, 4.69) is 67.4 Å². The molecule has 0 aliphatic carbocycles. The van der Waals surface area contributed by atoms with Crippen LogP contribution in [-0.2, 0) is 0 Å². The van der Waals surface area contributed by atoms with E-state index in [0.717, 1.165) is 28.1 Å². The van der Waals surface area contributed by atoms with E-state index in [0.29, 0.717) is 21.5 Å². The quantitative estimate of drug-likeness (QED) is 0.299. The highest BCUT2D eigenvalue weighted by atomic mass is 35.5. The number of aromatic nitrogens is 4. The van der Waals surface area contributed by atoms with Crippen molar-refractivity contribution in [1.82, 2.24) is 19.6 Å². The van der Waals surface area contributed by atoms with Gasteiger partial charge in [0.1, 0.15) is 11.4 Å². The fourth-order valence-electron chi connectivity index (χ4n) is 3.46. The fraction of sp³-hybridized carbons (Fsp3) is 0.0800. The second-order valence-electron chi connectivity index (χ2n) is 7.54. The minimum absolute atomic E-state index is 0.507. The highest BCUT2D eigenvalue weighted by Crippen LogP contribution is 2.32. The molecule has 0 fully saturated rings. The molecule has 3 aromatic carbocycles. The molecule has 5 aromatic rings. The summed E-state index contributed by atoms with van der Waals surface area (Å²) in [6, 6.07) is 21.9. The SMILES string of the molecule is Cc1ccc(-c2nc3nc(-c4ccc(Cl)cc4Cl)cn3nc2-c2ccc(C)cc2)cc1. The van der Waals surface area contributed by atoms with Crippen LogP contribution in [0.2, 0.25) is 10.0 Å². The van der Waals surface area contributed by atoms with Gasteiger partial charge in [0, 0.05) is 21.7 Å². The van der Waals surface area contributed by atoms with E-state index in [4.69, 9.17) is 33.3 Å². The molecule has 4 nitrogen and oxygen atoms in total. The summed E-state index contributed by atoms with van der Waals surface area (Å²) >= 11 is 12.4. The van der Waals surface area contributed by atoms with Crippen LogP contribution in [0, 0.1) is 13.8 Å². The third-order valence-corrected chi connectivity index (χ3v) is 5.72. The van der Waals surface area contributed by atoms with Crippen LogP contribution in [0.15, 0.2) is 72.9 Å². The Hall–Kier alpha value is -3.21. The van der Waals surface area contributed by atoms with Gasteiger partial charge in [-0.15, -0.1) is 0 Å². The number of halogens is 2. The first kappa shape index (κ1) is 19.7. The lowest BCUT2D eigenvalue weighted by molar-refractivity contribution is 0.912. The Bertz CT molecular complexity index is 1320. The third-order valence-electron chi connectivity index (χ3n) is 5.17. The Kier molecular flexibility index (Phi) is 4.97. The molecule has 0 saturated carbocycles. The zero-order chi connectivity index (χ0) is 21.5. The molecule has 5 rings (SSSR count). The van der Waals surface area contributed by atoms with Crippen LogP contribution < -0.4 is 0 Å². The van der Waals surface area contributed by atoms with Gasteiger partial charge in [0.15, 0.2) is 0 Å². The van der Waals surface area contributed by atoms with Crippen LogP contribution >= 0.6 is 23.2 Å². The molecular formula is C25H18Cl2N4. The minimum atomic E-state index is 0.507. The van der Waals surface area contributed by atoms with Crippen molar-refractivity contribution >= 4 is 29.0 Å². The van der Waals surface area contributed by atoms with Crippen molar-refractivity contribution in [2.45, 2.75) is 13.8 Å². The maximum atomic E-state index is 6.40. The Morgan fingerprint density at radius 2 is 1.32 bits per heavy atom. The monoisotopic (exact) mass is 444 g/mol. The van der Waals surface area contributed by atoms with Gasteiger partial charge in [-0.1, -0.05) is 82.9 Å². The van der Waals surface area contributed by atoms with E-state index >= 15 is 0 Å². The Balaban J connectivity index is 1.73. The van der Waals surface area contributed by atoms with E-state index in [1.165, 1.54) is 11.1 Å². The normalized spacial score (nSPS) is 11.2. The van der Waals surface area contributed by atoms with Crippen LogP contribution in [0.25, 0.3) is 39.5 Å². The number of imidazole rings is 1. The van der Waals surface area contributed by atoms with Crippen molar-refractivity contribution in [3.63, 3.8) is 0 Å². The predicted molar refractivity (Wildman–Crippen MR) is 127 cm³/mol. The van der Waals surface area contributed by atoms with Gasteiger partial charge in [-0.25, -0.2) is 14.5 Å². The largest absolute Gasteiger partial charge is 0.251 e. The zero-order valence-corrected chi connectivity index (χ0v) is 18.5. The van der Waals surface area contributed by atoms with Crippen LogP contribution in [0.1, 0.15) is 11.1 Å². The predicted octanol–water partition coefficient (Wildman–Crippen LogP) is 7.05. The maximum absolute atomic E-state index is 6.40. The number of aryl methyl sites for hydroxylation is 2. The molecule has 0 saturated heterocycles. The number of hydrogen-bond donors (Lipinski definition) is 0. The van der Waals surface area contributed by atoms with E-state index < -0.39 is 0 Å². The molecule has 152 valence electrons.